The van der Waals surface area contributed by atoms with Crippen LogP contribution in [0.1, 0.15) is 40.9 Å². The minimum absolute atomic E-state index is 0.139. The van der Waals surface area contributed by atoms with Gasteiger partial charge in [0, 0.05) is 0 Å². The number of carbonyl (C=O) groups is 2. The summed E-state index contributed by atoms with van der Waals surface area (Å²) in [6, 6.07) is 14.6. The van der Waals surface area contributed by atoms with E-state index in [1.165, 1.54) is 11.0 Å². The van der Waals surface area contributed by atoms with Crippen molar-refractivity contribution in [2.24, 2.45) is 0 Å². The Morgan fingerprint density at radius 3 is 2.57 bits per heavy atom. The molecule has 0 saturated carbocycles. The van der Waals surface area contributed by atoms with E-state index in [-0.39, 0.29) is 24.1 Å². The quantitative estimate of drug-likeness (QED) is 0.633. The molecule has 3 aromatic rings. The van der Waals surface area contributed by atoms with Gasteiger partial charge < -0.3 is 10.1 Å². The van der Waals surface area contributed by atoms with E-state index in [4.69, 9.17) is 4.74 Å². The molecule has 2 aromatic carbocycles. The summed E-state index contributed by atoms with van der Waals surface area (Å²) < 4.78 is 6.56. The van der Waals surface area contributed by atoms with Gasteiger partial charge in [-0.25, -0.2) is 4.79 Å². The molecule has 8 nitrogen and oxygen atoms in total. The topological polar surface area (TPSA) is 99.0 Å². The summed E-state index contributed by atoms with van der Waals surface area (Å²) in [5, 5.41) is 13.8. The Labute approximate surface area is 162 Å². The van der Waals surface area contributed by atoms with Crippen LogP contribution in [0.5, 0.6) is 0 Å². The molecule has 8 heteroatoms. The summed E-state index contributed by atoms with van der Waals surface area (Å²) in [5.41, 5.74) is 2.91. The summed E-state index contributed by atoms with van der Waals surface area (Å²) in [7, 11) is 0. The van der Waals surface area contributed by atoms with Gasteiger partial charge in [-0.15, -0.1) is 5.10 Å². The van der Waals surface area contributed by atoms with Crippen LogP contribution in [0.4, 0.5) is 0 Å². The molecule has 1 atom stereocenters. The van der Waals surface area contributed by atoms with Crippen molar-refractivity contribution in [3.8, 4) is 5.69 Å². The van der Waals surface area contributed by atoms with Gasteiger partial charge >= 0.3 is 5.97 Å². The van der Waals surface area contributed by atoms with Crippen LogP contribution >= 0.6 is 0 Å². The molecule has 0 unspecified atom stereocenters. The highest BCUT2D eigenvalue weighted by atomic mass is 16.5. The standard InChI is InChI=1S/C20H21N5O3/c1-3-17(15-10-8-14(2)9-11-15)22-19(26)12-28-20(27)16-6-4-5-7-18(16)25-13-21-23-24-25/h4-11,13,17H,3,12H2,1-2H3,(H,22,26)/t17-/m1/s1. The zero-order chi connectivity index (χ0) is 19.9. The zero-order valence-electron chi connectivity index (χ0n) is 15.7. The maximum atomic E-state index is 12.4. The fraction of sp³-hybridized carbons (Fsp3) is 0.250. The van der Waals surface area contributed by atoms with E-state index in [0.29, 0.717) is 5.69 Å². The molecule has 28 heavy (non-hydrogen) atoms. The van der Waals surface area contributed by atoms with E-state index in [1.54, 1.807) is 24.3 Å². The molecule has 0 aliphatic carbocycles. The maximum absolute atomic E-state index is 12.4. The number of rotatable bonds is 7. The molecule has 144 valence electrons. The van der Waals surface area contributed by atoms with Crippen molar-refractivity contribution >= 4 is 11.9 Å². The summed E-state index contributed by atoms with van der Waals surface area (Å²) in [6.45, 7) is 3.63. The number of aromatic nitrogens is 4. The van der Waals surface area contributed by atoms with E-state index in [1.807, 2.05) is 38.1 Å². The third kappa shape index (κ3) is 4.59. The number of hydrogen-bond acceptors (Lipinski definition) is 6. The number of nitrogens with zero attached hydrogens (tertiary/aromatic N) is 4. The smallest absolute Gasteiger partial charge is 0.340 e. The molecule has 0 saturated heterocycles. The summed E-state index contributed by atoms with van der Waals surface area (Å²) >= 11 is 0. The van der Waals surface area contributed by atoms with Gasteiger partial charge in [0.2, 0.25) is 0 Å². The van der Waals surface area contributed by atoms with Crippen LogP contribution in [0.25, 0.3) is 5.69 Å². The monoisotopic (exact) mass is 379 g/mol. The van der Waals surface area contributed by atoms with Crippen LogP contribution < -0.4 is 5.32 Å². The number of tetrazole rings is 1. The average molecular weight is 379 g/mol. The maximum Gasteiger partial charge on any atom is 0.340 e. The van der Waals surface area contributed by atoms with E-state index in [9.17, 15) is 9.59 Å². The van der Waals surface area contributed by atoms with Gasteiger partial charge in [0.05, 0.1) is 17.3 Å². The second kappa shape index (κ2) is 8.90. The Balaban J connectivity index is 1.62. The zero-order valence-corrected chi connectivity index (χ0v) is 15.7. The molecular weight excluding hydrogens is 358 g/mol. The molecule has 0 bridgehead atoms. The summed E-state index contributed by atoms with van der Waals surface area (Å²) in [6.07, 6.45) is 2.11. The van der Waals surface area contributed by atoms with Crippen LogP contribution in [0, 0.1) is 6.92 Å². The van der Waals surface area contributed by atoms with Crippen molar-refractivity contribution in [2.75, 3.05) is 6.61 Å². The van der Waals surface area contributed by atoms with Crippen LogP contribution in [-0.2, 0) is 9.53 Å². The third-order valence-electron chi connectivity index (χ3n) is 4.28. The highest BCUT2D eigenvalue weighted by Crippen LogP contribution is 2.17. The number of carbonyl (C=O) groups excluding carboxylic acids is 2. The van der Waals surface area contributed by atoms with Gasteiger partial charge in [-0.3, -0.25) is 4.79 Å². The molecule has 1 aromatic heterocycles. The largest absolute Gasteiger partial charge is 0.452 e. The van der Waals surface area contributed by atoms with Gasteiger partial charge in [0.25, 0.3) is 5.91 Å². The molecule has 1 N–H and O–H groups in total. The molecule has 1 amide bonds. The summed E-state index contributed by atoms with van der Waals surface area (Å²) in [4.78, 5) is 24.7. The second-order valence-electron chi connectivity index (χ2n) is 6.29. The van der Waals surface area contributed by atoms with Crippen LogP contribution in [0.15, 0.2) is 54.9 Å². The van der Waals surface area contributed by atoms with E-state index in [2.05, 4.69) is 20.8 Å². The molecule has 0 radical (unpaired) electrons. The van der Waals surface area contributed by atoms with Crippen LogP contribution in [0.3, 0.4) is 0 Å². The molecular formula is C20H21N5O3. The van der Waals surface area contributed by atoms with Crippen molar-refractivity contribution in [1.82, 2.24) is 25.5 Å². The Hall–Kier alpha value is -3.55. The van der Waals surface area contributed by atoms with E-state index >= 15 is 0 Å². The minimum Gasteiger partial charge on any atom is -0.452 e. The molecule has 0 fully saturated rings. The van der Waals surface area contributed by atoms with Crippen LogP contribution in [0.2, 0.25) is 0 Å². The van der Waals surface area contributed by atoms with E-state index in [0.717, 1.165) is 17.5 Å². The number of nitrogens with one attached hydrogen (secondary N) is 1. The lowest BCUT2D eigenvalue weighted by Gasteiger charge is -2.18. The minimum atomic E-state index is -0.621. The SMILES string of the molecule is CC[C@@H](NC(=O)COC(=O)c1ccccc1-n1cnnn1)c1ccc(C)cc1. The Morgan fingerprint density at radius 1 is 1.14 bits per heavy atom. The number of hydrogen-bond donors (Lipinski definition) is 1. The fourth-order valence-electron chi connectivity index (χ4n) is 2.78. The lowest BCUT2D eigenvalue weighted by atomic mass is 10.0. The Morgan fingerprint density at radius 2 is 1.89 bits per heavy atom. The number of ether oxygens (including phenoxy) is 1. The summed E-state index contributed by atoms with van der Waals surface area (Å²) in [5.74, 6) is -0.981. The van der Waals surface area contributed by atoms with Crippen molar-refractivity contribution in [2.45, 2.75) is 26.3 Å². The lowest BCUT2D eigenvalue weighted by molar-refractivity contribution is -0.125. The Kier molecular flexibility index (Phi) is 6.11. The second-order valence-corrected chi connectivity index (χ2v) is 6.29. The number of para-hydroxylation sites is 1. The Bertz CT molecular complexity index is 939. The highest BCUT2D eigenvalue weighted by Gasteiger charge is 2.18. The van der Waals surface area contributed by atoms with Gasteiger partial charge in [-0.05, 0) is 41.5 Å². The van der Waals surface area contributed by atoms with Gasteiger partial charge in [0.1, 0.15) is 6.33 Å². The van der Waals surface area contributed by atoms with Crippen molar-refractivity contribution in [3.63, 3.8) is 0 Å². The highest BCUT2D eigenvalue weighted by molar-refractivity contribution is 5.94. The van der Waals surface area contributed by atoms with Gasteiger partial charge in [-0.1, -0.05) is 48.9 Å². The number of esters is 1. The lowest BCUT2D eigenvalue weighted by Crippen LogP contribution is -2.32. The first kappa shape index (κ1) is 19.2. The average Bonchev–Trinajstić information content (AvgIpc) is 3.26. The fourth-order valence-corrected chi connectivity index (χ4v) is 2.78. The first-order chi connectivity index (χ1) is 13.6. The van der Waals surface area contributed by atoms with Crippen LogP contribution in [-0.4, -0.2) is 38.7 Å². The van der Waals surface area contributed by atoms with Gasteiger partial charge in [0.15, 0.2) is 6.61 Å². The number of benzene rings is 2. The van der Waals surface area contributed by atoms with Crippen molar-refractivity contribution in [1.29, 1.82) is 0 Å². The predicted molar refractivity (Wildman–Crippen MR) is 102 cm³/mol. The molecule has 1 heterocycles. The molecule has 3 rings (SSSR count). The molecule has 0 aliphatic rings. The number of amides is 1. The number of aryl methyl sites for hydroxylation is 1. The van der Waals surface area contributed by atoms with Crippen molar-refractivity contribution < 1.29 is 14.3 Å². The first-order valence-corrected chi connectivity index (χ1v) is 8.94. The van der Waals surface area contributed by atoms with Gasteiger partial charge in [-0.2, -0.15) is 4.68 Å². The first-order valence-electron chi connectivity index (χ1n) is 8.94. The third-order valence-corrected chi connectivity index (χ3v) is 4.28. The van der Waals surface area contributed by atoms with Crippen molar-refractivity contribution in [3.05, 3.63) is 71.5 Å². The molecule has 0 aliphatic heterocycles. The van der Waals surface area contributed by atoms with E-state index < -0.39 is 5.97 Å². The normalized spacial score (nSPS) is 11.6. The molecule has 0 spiro atoms. The predicted octanol–water partition coefficient (Wildman–Crippen LogP) is 2.40.